The van der Waals surface area contributed by atoms with Crippen molar-refractivity contribution in [1.29, 1.82) is 0 Å². The monoisotopic (exact) mass is 407 g/mol. The standard InChI is InChI=1S/C21H17N3O4S/c1-27-15-9-16(28-2)17-14(11-6-4-3-5-7-11)10-22-18(17)12(15)8-13-19(25)23-21(29)24-20(13)26/h3-10H,1-2H3,(H3,23,24,25,26,29)/b12-8+. The van der Waals surface area contributed by atoms with Crippen molar-refractivity contribution in [1.82, 2.24) is 9.97 Å². The molecule has 1 aliphatic rings. The molecule has 2 heterocycles. The van der Waals surface area contributed by atoms with Gasteiger partial charge in [0.1, 0.15) is 17.1 Å². The van der Waals surface area contributed by atoms with Crippen molar-refractivity contribution in [3.05, 3.63) is 85.0 Å². The van der Waals surface area contributed by atoms with Crippen LogP contribution in [0, 0.1) is 4.77 Å². The van der Waals surface area contributed by atoms with Gasteiger partial charge < -0.3 is 19.6 Å². The van der Waals surface area contributed by atoms with E-state index in [0.717, 1.165) is 16.7 Å². The lowest BCUT2D eigenvalue weighted by molar-refractivity contribution is 0.390. The van der Waals surface area contributed by atoms with Gasteiger partial charge in [-0.1, -0.05) is 30.3 Å². The van der Waals surface area contributed by atoms with Gasteiger partial charge in [-0.05, 0) is 23.9 Å². The molecule has 2 aromatic carbocycles. The number of benzene rings is 2. The Labute approximate surface area is 170 Å². The van der Waals surface area contributed by atoms with Crippen molar-refractivity contribution in [3.63, 3.8) is 0 Å². The summed E-state index contributed by atoms with van der Waals surface area (Å²) in [4.78, 5) is 21.9. The summed E-state index contributed by atoms with van der Waals surface area (Å²) in [5.74, 6) is 0.712. The third-order valence-electron chi connectivity index (χ3n) is 4.63. The molecule has 1 aromatic heterocycles. The summed E-state index contributed by atoms with van der Waals surface area (Å²) in [6.45, 7) is 0. The fourth-order valence-electron chi connectivity index (χ4n) is 3.29. The van der Waals surface area contributed by atoms with E-state index in [0.29, 0.717) is 22.1 Å². The van der Waals surface area contributed by atoms with Gasteiger partial charge in [-0.25, -0.2) is 0 Å². The maximum Gasteiger partial charge on any atom is 0.262 e. The first-order chi connectivity index (χ1) is 14.0. The van der Waals surface area contributed by atoms with Gasteiger partial charge in [0, 0.05) is 23.1 Å². The molecule has 4 rings (SSSR count). The molecule has 0 radical (unpaired) electrons. The summed E-state index contributed by atoms with van der Waals surface area (Å²) >= 11 is 4.89. The first kappa shape index (κ1) is 18.7. The molecule has 3 N–H and O–H groups in total. The van der Waals surface area contributed by atoms with Crippen LogP contribution < -0.4 is 25.6 Å². The van der Waals surface area contributed by atoms with Crippen LogP contribution in [0.2, 0.25) is 0 Å². The Balaban J connectivity index is 2.05. The Hall–Kier alpha value is -3.65. The second-order valence-electron chi connectivity index (χ2n) is 6.27. The van der Waals surface area contributed by atoms with Crippen LogP contribution in [-0.4, -0.2) is 29.3 Å². The SMILES string of the molecule is COc1cc(OC)/c(=C\c2c(O)[nH]c(=S)[nH]c2=O)c2c1C(c1ccccc1)=CN=2. The summed E-state index contributed by atoms with van der Waals surface area (Å²) in [5, 5.41) is 11.3. The zero-order valence-electron chi connectivity index (χ0n) is 15.6. The van der Waals surface area contributed by atoms with Crippen molar-refractivity contribution in [2.45, 2.75) is 0 Å². The zero-order valence-corrected chi connectivity index (χ0v) is 16.5. The Bertz CT molecular complexity index is 1370. The smallest absolute Gasteiger partial charge is 0.262 e. The molecule has 7 nitrogen and oxygen atoms in total. The fourth-order valence-corrected chi connectivity index (χ4v) is 3.48. The molecule has 29 heavy (non-hydrogen) atoms. The lowest BCUT2D eigenvalue weighted by Gasteiger charge is -2.12. The van der Waals surface area contributed by atoms with Crippen LogP contribution in [0.3, 0.4) is 0 Å². The van der Waals surface area contributed by atoms with Crippen LogP contribution in [0.5, 0.6) is 17.4 Å². The highest BCUT2D eigenvalue weighted by molar-refractivity contribution is 7.71. The zero-order chi connectivity index (χ0) is 20.5. The number of rotatable bonds is 4. The summed E-state index contributed by atoms with van der Waals surface area (Å²) < 4.78 is 11.1. The number of H-pyrrole nitrogens is 2. The molecular formula is C21H17N3O4S. The molecular weight excluding hydrogens is 390 g/mol. The van der Waals surface area contributed by atoms with Gasteiger partial charge in [0.2, 0.25) is 5.88 Å². The molecule has 0 spiro atoms. The number of aromatic hydroxyl groups is 1. The number of hydrogen-bond donors (Lipinski definition) is 3. The number of aromatic amines is 2. The van der Waals surface area contributed by atoms with Crippen LogP contribution in [0.15, 0.2) is 52.4 Å². The van der Waals surface area contributed by atoms with Crippen LogP contribution in [0.4, 0.5) is 0 Å². The summed E-state index contributed by atoms with van der Waals surface area (Å²) in [7, 11) is 3.09. The minimum atomic E-state index is -0.521. The highest BCUT2D eigenvalue weighted by Gasteiger charge is 2.21. The van der Waals surface area contributed by atoms with E-state index in [1.807, 2.05) is 30.3 Å². The van der Waals surface area contributed by atoms with E-state index in [1.54, 1.807) is 19.4 Å². The third kappa shape index (κ3) is 3.23. The van der Waals surface area contributed by atoms with Gasteiger partial charge in [0.25, 0.3) is 5.56 Å². The fraction of sp³-hybridized carbons (Fsp3) is 0.0952. The number of hydrogen-bond acceptors (Lipinski definition) is 6. The highest BCUT2D eigenvalue weighted by Crippen LogP contribution is 2.32. The van der Waals surface area contributed by atoms with Gasteiger partial charge >= 0.3 is 0 Å². The summed E-state index contributed by atoms with van der Waals surface area (Å²) in [6.07, 6.45) is 3.27. The molecule has 0 atom stereocenters. The van der Waals surface area contributed by atoms with Crippen molar-refractivity contribution in [2.75, 3.05) is 14.2 Å². The molecule has 8 heteroatoms. The Kier molecular flexibility index (Phi) is 4.77. The Morgan fingerprint density at radius 2 is 1.83 bits per heavy atom. The normalized spacial score (nSPS) is 12.9. The topological polar surface area (TPSA) is 99.7 Å². The van der Waals surface area contributed by atoms with Gasteiger partial charge in [0.05, 0.1) is 25.1 Å². The van der Waals surface area contributed by atoms with E-state index < -0.39 is 5.56 Å². The molecule has 0 saturated heterocycles. The van der Waals surface area contributed by atoms with E-state index in [-0.39, 0.29) is 16.2 Å². The average molecular weight is 407 g/mol. The van der Waals surface area contributed by atoms with E-state index in [2.05, 4.69) is 15.0 Å². The van der Waals surface area contributed by atoms with E-state index in [4.69, 9.17) is 21.7 Å². The number of fused-ring (bicyclic) bond motifs is 1. The van der Waals surface area contributed by atoms with Gasteiger partial charge in [-0.2, -0.15) is 0 Å². The molecule has 0 bridgehead atoms. The third-order valence-corrected chi connectivity index (χ3v) is 4.83. The van der Waals surface area contributed by atoms with Crippen molar-refractivity contribution in [3.8, 4) is 17.4 Å². The molecule has 3 aromatic rings. The molecule has 0 amide bonds. The predicted molar refractivity (Wildman–Crippen MR) is 111 cm³/mol. The first-order valence-electron chi connectivity index (χ1n) is 8.69. The molecule has 0 fully saturated rings. The molecule has 1 aliphatic heterocycles. The van der Waals surface area contributed by atoms with Crippen molar-refractivity contribution < 1.29 is 14.6 Å². The van der Waals surface area contributed by atoms with Crippen molar-refractivity contribution >= 4 is 23.9 Å². The summed E-state index contributed by atoms with van der Waals surface area (Å²) in [5.41, 5.74) is 2.15. The number of aromatic nitrogens is 2. The highest BCUT2D eigenvalue weighted by atomic mass is 32.1. The van der Waals surface area contributed by atoms with Crippen molar-refractivity contribution in [2.24, 2.45) is 4.99 Å². The maximum absolute atomic E-state index is 12.3. The van der Waals surface area contributed by atoms with E-state index >= 15 is 0 Å². The van der Waals surface area contributed by atoms with E-state index in [1.165, 1.54) is 13.2 Å². The van der Waals surface area contributed by atoms with Gasteiger partial charge in [0.15, 0.2) is 4.77 Å². The Morgan fingerprint density at radius 3 is 2.48 bits per heavy atom. The molecule has 0 aliphatic carbocycles. The number of methoxy groups -OCH3 is 2. The molecule has 146 valence electrons. The van der Waals surface area contributed by atoms with E-state index in [9.17, 15) is 9.90 Å². The molecule has 0 saturated carbocycles. The second-order valence-corrected chi connectivity index (χ2v) is 6.68. The molecule has 0 unspecified atom stereocenters. The van der Waals surface area contributed by atoms with Crippen LogP contribution >= 0.6 is 12.2 Å². The minimum Gasteiger partial charge on any atom is -0.496 e. The predicted octanol–water partition coefficient (Wildman–Crippen LogP) is 2.01. The number of nitrogens with one attached hydrogen (secondary N) is 2. The van der Waals surface area contributed by atoms with Gasteiger partial charge in [-0.3, -0.25) is 14.8 Å². The number of ether oxygens (including phenoxy) is 2. The minimum absolute atomic E-state index is 0.0210. The largest absolute Gasteiger partial charge is 0.496 e. The summed E-state index contributed by atoms with van der Waals surface area (Å²) in [6, 6.07) is 11.5. The maximum atomic E-state index is 12.3. The lowest BCUT2D eigenvalue weighted by Crippen LogP contribution is -2.30. The lowest BCUT2D eigenvalue weighted by atomic mass is 9.97. The quantitative estimate of drug-likeness (QED) is 0.575. The second kappa shape index (κ2) is 7.40. The van der Waals surface area contributed by atoms with Crippen LogP contribution in [0.1, 0.15) is 16.7 Å². The number of nitrogens with zero attached hydrogens (tertiary/aromatic N) is 1. The van der Waals surface area contributed by atoms with Gasteiger partial charge in [-0.15, -0.1) is 0 Å². The Morgan fingerprint density at radius 1 is 1.10 bits per heavy atom. The first-order valence-corrected chi connectivity index (χ1v) is 9.10. The van der Waals surface area contributed by atoms with Crippen LogP contribution in [-0.2, 0) is 0 Å². The van der Waals surface area contributed by atoms with Crippen LogP contribution in [0.25, 0.3) is 11.6 Å². The average Bonchev–Trinajstić information content (AvgIpc) is 3.16.